The zero-order valence-corrected chi connectivity index (χ0v) is 12.9. The summed E-state index contributed by atoms with van der Waals surface area (Å²) in [7, 11) is 2.21. The fraction of sp³-hybridized carbons (Fsp3) is 0.250. The van der Waals surface area contributed by atoms with Crippen molar-refractivity contribution in [3.8, 4) is 0 Å². The Bertz CT molecular complexity index is 851. The summed E-state index contributed by atoms with van der Waals surface area (Å²) in [5, 5.41) is 2.55. The van der Waals surface area contributed by atoms with Crippen LogP contribution in [0.3, 0.4) is 0 Å². The molecule has 1 aliphatic heterocycles. The van der Waals surface area contributed by atoms with Gasteiger partial charge in [0.05, 0.1) is 5.69 Å². The summed E-state index contributed by atoms with van der Waals surface area (Å²) in [5.74, 6) is 0. The first-order valence-electron chi connectivity index (χ1n) is 7.96. The number of hydrogen-bond acceptors (Lipinski definition) is 2. The highest BCUT2D eigenvalue weighted by molar-refractivity contribution is 5.93. The molecule has 1 fully saturated rings. The van der Waals surface area contributed by atoms with Crippen molar-refractivity contribution in [2.24, 2.45) is 0 Å². The number of aromatic nitrogens is 1. The number of likely N-dealkylation sites (tertiary alicyclic amines) is 1. The average molecular weight is 288 g/mol. The molecule has 2 heteroatoms. The lowest BCUT2D eigenvalue weighted by Gasteiger charge is -2.26. The summed E-state index contributed by atoms with van der Waals surface area (Å²) < 4.78 is 0. The van der Waals surface area contributed by atoms with Gasteiger partial charge in [-0.3, -0.25) is 4.98 Å². The minimum atomic E-state index is 1.09. The highest BCUT2D eigenvalue weighted by atomic mass is 15.1. The number of nitrogens with zero attached hydrogens (tertiary/aromatic N) is 2. The molecule has 1 saturated heterocycles. The van der Waals surface area contributed by atoms with Gasteiger partial charge in [0.25, 0.3) is 0 Å². The van der Waals surface area contributed by atoms with Crippen LogP contribution in [0.1, 0.15) is 24.1 Å². The largest absolute Gasteiger partial charge is 0.306 e. The van der Waals surface area contributed by atoms with Gasteiger partial charge in [0.15, 0.2) is 0 Å². The van der Waals surface area contributed by atoms with E-state index in [1.807, 2.05) is 12.3 Å². The van der Waals surface area contributed by atoms with E-state index in [4.69, 9.17) is 0 Å². The van der Waals surface area contributed by atoms with Crippen LogP contribution < -0.4 is 10.4 Å². The van der Waals surface area contributed by atoms with E-state index in [0.29, 0.717) is 0 Å². The van der Waals surface area contributed by atoms with Gasteiger partial charge in [-0.25, -0.2) is 0 Å². The molecule has 2 aliphatic rings. The standard InChI is InChI=1S/C20H20N2/c1-22-11-8-15(9-12-22)19-13-16-5-2-3-6-17(16)14-20-18(19)7-4-10-21-20/h2-7,10,13-14H,8-9,11-12H2,1H3. The van der Waals surface area contributed by atoms with Gasteiger partial charge in [0, 0.05) is 24.8 Å². The molecule has 0 unspecified atom stereocenters. The van der Waals surface area contributed by atoms with Crippen molar-refractivity contribution >= 4 is 17.7 Å². The van der Waals surface area contributed by atoms with Gasteiger partial charge in [-0.05, 0) is 54.1 Å². The van der Waals surface area contributed by atoms with Crippen molar-refractivity contribution < 1.29 is 0 Å². The molecule has 0 N–H and O–H groups in total. The van der Waals surface area contributed by atoms with Crippen LogP contribution in [0, 0.1) is 0 Å². The molecule has 4 rings (SSSR count). The second kappa shape index (κ2) is 5.54. The van der Waals surface area contributed by atoms with Crippen molar-refractivity contribution in [1.29, 1.82) is 0 Å². The molecular formula is C20H20N2. The number of piperidine rings is 1. The molecule has 22 heavy (non-hydrogen) atoms. The molecule has 0 amide bonds. The van der Waals surface area contributed by atoms with Crippen LogP contribution in [0.15, 0.2) is 48.2 Å². The Morgan fingerprint density at radius 3 is 2.41 bits per heavy atom. The van der Waals surface area contributed by atoms with Gasteiger partial charge < -0.3 is 4.90 Å². The van der Waals surface area contributed by atoms with Crippen LogP contribution in [0.4, 0.5) is 0 Å². The molecular weight excluding hydrogens is 268 g/mol. The number of fused-ring (bicyclic) bond motifs is 2. The Morgan fingerprint density at radius 1 is 0.909 bits per heavy atom. The minimum absolute atomic E-state index is 1.09. The second-order valence-corrected chi connectivity index (χ2v) is 6.17. The third kappa shape index (κ3) is 2.40. The van der Waals surface area contributed by atoms with Crippen LogP contribution >= 0.6 is 0 Å². The first kappa shape index (κ1) is 13.5. The Hall–Kier alpha value is -2.19. The third-order valence-corrected chi connectivity index (χ3v) is 4.69. The van der Waals surface area contributed by atoms with Crippen molar-refractivity contribution in [2.45, 2.75) is 12.8 Å². The highest BCUT2D eigenvalue weighted by Crippen LogP contribution is 2.29. The minimum Gasteiger partial charge on any atom is -0.306 e. The number of rotatable bonds is 0. The smallest absolute Gasteiger partial charge is 0.0714 e. The van der Waals surface area contributed by atoms with Gasteiger partial charge in [-0.2, -0.15) is 0 Å². The monoisotopic (exact) mass is 288 g/mol. The van der Waals surface area contributed by atoms with Crippen molar-refractivity contribution in [1.82, 2.24) is 9.88 Å². The Labute approximate surface area is 131 Å². The number of pyridine rings is 1. The van der Waals surface area contributed by atoms with E-state index in [1.54, 1.807) is 5.57 Å². The SMILES string of the molecule is CN1CCC(=C2C=c3ccccc3=Cc3ncccc32)CC1. The predicted molar refractivity (Wildman–Crippen MR) is 91.6 cm³/mol. The zero-order chi connectivity index (χ0) is 14.9. The van der Waals surface area contributed by atoms with E-state index >= 15 is 0 Å². The Morgan fingerprint density at radius 2 is 1.64 bits per heavy atom. The van der Waals surface area contributed by atoms with Gasteiger partial charge in [0.2, 0.25) is 0 Å². The summed E-state index contributed by atoms with van der Waals surface area (Å²) >= 11 is 0. The number of allylic oxidation sites excluding steroid dienone is 1. The topological polar surface area (TPSA) is 16.1 Å². The van der Waals surface area contributed by atoms with Crippen molar-refractivity contribution in [3.63, 3.8) is 0 Å². The van der Waals surface area contributed by atoms with E-state index in [2.05, 4.69) is 59.4 Å². The molecule has 2 heterocycles. The van der Waals surface area contributed by atoms with Crippen LogP contribution in [-0.2, 0) is 0 Å². The van der Waals surface area contributed by atoms with E-state index in [1.165, 1.54) is 21.6 Å². The maximum absolute atomic E-state index is 4.62. The average Bonchev–Trinajstić information content (AvgIpc) is 2.72. The molecule has 110 valence electrons. The summed E-state index contributed by atoms with van der Waals surface area (Å²) in [6.07, 6.45) is 8.77. The Balaban J connectivity index is 1.98. The van der Waals surface area contributed by atoms with Gasteiger partial charge in [-0.1, -0.05) is 35.9 Å². The molecule has 1 aromatic carbocycles. The van der Waals surface area contributed by atoms with Gasteiger partial charge >= 0.3 is 0 Å². The lowest BCUT2D eigenvalue weighted by Crippen LogP contribution is -2.27. The molecule has 1 aromatic heterocycles. The van der Waals surface area contributed by atoms with E-state index in [0.717, 1.165) is 31.6 Å². The lowest BCUT2D eigenvalue weighted by atomic mass is 9.92. The normalized spacial score (nSPS) is 17.9. The summed E-state index contributed by atoms with van der Waals surface area (Å²) in [6, 6.07) is 12.8. The number of hydrogen-bond donors (Lipinski definition) is 0. The fourth-order valence-corrected chi connectivity index (χ4v) is 3.36. The van der Waals surface area contributed by atoms with E-state index in [-0.39, 0.29) is 0 Å². The maximum atomic E-state index is 4.62. The summed E-state index contributed by atoms with van der Waals surface area (Å²) in [6.45, 7) is 2.29. The van der Waals surface area contributed by atoms with Crippen LogP contribution in [-0.4, -0.2) is 30.0 Å². The van der Waals surface area contributed by atoms with E-state index < -0.39 is 0 Å². The van der Waals surface area contributed by atoms with E-state index in [9.17, 15) is 0 Å². The van der Waals surface area contributed by atoms with Crippen LogP contribution in [0.25, 0.3) is 17.7 Å². The van der Waals surface area contributed by atoms with Gasteiger partial charge in [0.1, 0.15) is 0 Å². The molecule has 0 radical (unpaired) electrons. The van der Waals surface area contributed by atoms with Crippen LogP contribution in [0.5, 0.6) is 0 Å². The first-order valence-corrected chi connectivity index (χ1v) is 7.96. The maximum Gasteiger partial charge on any atom is 0.0714 e. The lowest BCUT2D eigenvalue weighted by molar-refractivity contribution is 0.313. The van der Waals surface area contributed by atoms with Crippen molar-refractivity contribution in [2.75, 3.05) is 20.1 Å². The first-order chi connectivity index (χ1) is 10.8. The quantitative estimate of drug-likeness (QED) is 0.739. The predicted octanol–water partition coefficient (Wildman–Crippen LogP) is 2.18. The molecule has 0 spiro atoms. The number of benzene rings is 1. The zero-order valence-electron chi connectivity index (χ0n) is 12.9. The van der Waals surface area contributed by atoms with Crippen molar-refractivity contribution in [3.05, 3.63) is 69.9 Å². The molecule has 0 saturated carbocycles. The fourth-order valence-electron chi connectivity index (χ4n) is 3.36. The summed E-state index contributed by atoms with van der Waals surface area (Å²) in [4.78, 5) is 7.03. The molecule has 2 aromatic rings. The molecule has 0 bridgehead atoms. The highest BCUT2D eigenvalue weighted by Gasteiger charge is 2.17. The molecule has 2 nitrogen and oxygen atoms in total. The molecule has 0 atom stereocenters. The van der Waals surface area contributed by atoms with Crippen LogP contribution in [0.2, 0.25) is 0 Å². The second-order valence-electron chi connectivity index (χ2n) is 6.17. The summed E-state index contributed by atoms with van der Waals surface area (Å²) in [5.41, 5.74) is 5.32. The van der Waals surface area contributed by atoms with Gasteiger partial charge in [-0.15, -0.1) is 0 Å². The third-order valence-electron chi connectivity index (χ3n) is 4.69. The molecule has 1 aliphatic carbocycles. The Kier molecular flexibility index (Phi) is 3.39.